The maximum Gasteiger partial charge on any atom is 0.303 e. The number of carboxylic acids is 1. The molecule has 8 heteroatoms. The quantitative estimate of drug-likeness (QED) is 0.629. The Balaban J connectivity index is 1.53. The second kappa shape index (κ2) is 9.93. The summed E-state index contributed by atoms with van der Waals surface area (Å²) in [5.41, 5.74) is 1.39. The Labute approximate surface area is 170 Å². The number of aryl methyl sites for hydroxylation is 1. The Morgan fingerprint density at radius 1 is 1.24 bits per heavy atom. The lowest BCUT2D eigenvalue weighted by Gasteiger charge is -2.36. The van der Waals surface area contributed by atoms with E-state index in [4.69, 9.17) is 14.6 Å². The standard InChI is InChI=1S/C21H30N2O6/c1-14-5-6-16(20-19(14)28-10-3-11-29-20)21(27)22-12-15-7-9-23(13-17(15)24)8-2-4-18(25)26/h5-6,15,17,24H,2-4,7-13H2,1H3,(H,22,27)(H,25,26)/t15-,17+/m0/s1. The van der Waals surface area contributed by atoms with E-state index >= 15 is 0 Å². The number of fused-ring (bicyclic) bond motifs is 1. The van der Waals surface area contributed by atoms with Gasteiger partial charge < -0.3 is 29.9 Å². The van der Waals surface area contributed by atoms with E-state index in [0.29, 0.717) is 56.3 Å². The average Bonchev–Trinajstić information content (AvgIpc) is 2.94. The van der Waals surface area contributed by atoms with Gasteiger partial charge in [-0.2, -0.15) is 0 Å². The summed E-state index contributed by atoms with van der Waals surface area (Å²) in [5, 5.41) is 22.1. The zero-order valence-electron chi connectivity index (χ0n) is 16.9. The van der Waals surface area contributed by atoms with Crippen LogP contribution in [0.1, 0.15) is 41.6 Å². The van der Waals surface area contributed by atoms with E-state index in [9.17, 15) is 14.7 Å². The molecule has 3 N–H and O–H groups in total. The smallest absolute Gasteiger partial charge is 0.303 e. The summed E-state index contributed by atoms with van der Waals surface area (Å²) in [6.45, 7) is 5.33. The van der Waals surface area contributed by atoms with Crippen LogP contribution >= 0.6 is 0 Å². The maximum absolute atomic E-state index is 12.8. The van der Waals surface area contributed by atoms with Gasteiger partial charge in [0, 0.05) is 31.8 Å². The maximum atomic E-state index is 12.8. The van der Waals surface area contributed by atoms with E-state index < -0.39 is 12.1 Å². The molecule has 160 valence electrons. The second-order valence-corrected chi connectivity index (χ2v) is 7.76. The molecule has 0 saturated carbocycles. The number of amides is 1. The molecule has 0 spiro atoms. The molecule has 0 aliphatic carbocycles. The number of likely N-dealkylation sites (tertiary alicyclic amines) is 1. The molecular weight excluding hydrogens is 376 g/mol. The first-order chi connectivity index (χ1) is 14.0. The van der Waals surface area contributed by atoms with Crippen LogP contribution < -0.4 is 14.8 Å². The number of aliphatic hydroxyl groups is 1. The minimum absolute atomic E-state index is 0.0316. The summed E-state index contributed by atoms with van der Waals surface area (Å²) in [6.07, 6.45) is 1.68. The van der Waals surface area contributed by atoms with Gasteiger partial charge in [0.05, 0.1) is 24.9 Å². The number of carbonyl (C=O) groups excluding carboxylic acids is 1. The minimum Gasteiger partial charge on any atom is -0.489 e. The van der Waals surface area contributed by atoms with Gasteiger partial charge in [0.2, 0.25) is 0 Å². The highest BCUT2D eigenvalue weighted by Crippen LogP contribution is 2.36. The Hall–Kier alpha value is -2.32. The van der Waals surface area contributed by atoms with Gasteiger partial charge in [0.25, 0.3) is 5.91 Å². The van der Waals surface area contributed by atoms with Crippen LogP contribution in [-0.4, -0.2) is 72.5 Å². The Kier molecular flexibility index (Phi) is 7.33. The molecule has 29 heavy (non-hydrogen) atoms. The van der Waals surface area contributed by atoms with Gasteiger partial charge in [0.15, 0.2) is 11.5 Å². The third kappa shape index (κ3) is 5.61. The lowest BCUT2D eigenvalue weighted by atomic mass is 9.93. The molecule has 1 fully saturated rings. The molecule has 0 bridgehead atoms. The number of β-amino-alcohol motifs (C(OH)–C–C–N with tert-alkyl or cyclic N) is 1. The van der Waals surface area contributed by atoms with Crippen molar-refractivity contribution in [2.45, 2.75) is 38.7 Å². The van der Waals surface area contributed by atoms with Crippen LogP contribution in [0.15, 0.2) is 12.1 Å². The van der Waals surface area contributed by atoms with E-state index in [2.05, 4.69) is 10.2 Å². The molecule has 2 aliphatic rings. The monoisotopic (exact) mass is 406 g/mol. The van der Waals surface area contributed by atoms with Crippen molar-refractivity contribution in [2.24, 2.45) is 5.92 Å². The molecule has 3 rings (SSSR count). The highest BCUT2D eigenvalue weighted by Gasteiger charge is 2.29. The number of hydrogen-bond acceptors (Lipinski definition) is 6. The zero-order valence-corrected chi connectivity index (χ0v) is 16.9. The summed E-state index contributed by atoms with van der Waals surface area (Å²) in [4.78, 5) is 25.5. The number of carbonyl (C=O) groups is 2. The van der Waals surface area contributed by atoms with E-state index in [1.54, 1.807) is 6.07 Å². The topological polar surface area (TPSA) is 108 Å². The number of nitrogens with zero attached hydrogens (tertiary/aromatic N) is 1. The largest absolute Gasteiger partial charge is 0.489 e. The number of carboxylic acid groups (broad SMARTS) is 1. The van der Waals surface area contributed by atoms with E-state index in [1.807, 2.05) is 13.0 Å². The number of aliphatic carboxylic acids is 1. The van der Waals surface area contributed by atoms with Gasteiger partial charge in [-0.1, -0.05) is 6.07 Å². The molecule has 2 atom stereocenters. The normalized spacial score (nSPS) is 22.0. The van der Waals surface area contributed by atoms with Crippen LogP contribution in [0.4, 0.5) is 0 Å². The van der Waals surface area contributed by atoms with Gasteiger partial charge in [-0.3, -0.25) is 9.59 Å². The van der Waals surface area contributed by atoms with Crippen molar-refractivity contribution in [3.63, 3.8) is 0 Å². The lowest BCUT2D eigenvalue weighted by Crippen LogP contribution is -2.47. The zero-order chi connectivity index (χ0) is 20.8. The SMILES string of the molecule is Cc1ccc(C(=O)NC[C@@H]2CCN(CCCC(=O)O)C[C@H]2O)c2c1OCCCO2. The van der Waals surface area contributed by atoms with Crippen LogP contribution in [0.3, 0.4) is 0 Å². The first-order valence-electron chi connectivity index (χ1n) is 10.3. The van der Waals surface area contributed by atoms with Crippen molar-refractivity contribution >= 4 is 11.9 Å². The summed E-state index contributed by atoms with van der Waals surface area (Å²) in [7, 11) is 0. The van der Waals surface area contributed by atoms with Crippen molar-refractivity contribution < 1.29 is 29.3 Å². The van der Waals surface area contributed by atoms with E-state index in [1.165, 1.54) is 0 Å². The fourth-order valence-electron chi connectivity index (χ4n) is 3.83. The number of rotatable bonds is 7. The molecule has 0 unspecified atom stereocenters. The lowest BCUT2D eigenvalue weighted by molar-refractivity contribution is -0.137. The van der Waals surface area contributed by atoms with Crippen molar-refractivity contribution in [3.05, 3.63) is 23.3 Å². The Morgan fingerprint density at radius 2 is 2.00 bits per heavy atom. The molecule has 1 aromatic carbocycles. The number of nitrogens with one attached hydrogen (secondary N) is 1. The predicted molar refractivity (Wildman–Crippen MR) is 107 cm³/mol. The Morgan fingerprint density at radius 3 is 2.72 bits per heavy atom. The molecular formula is C21H30N2O6. The highest BCUT2D eigenvalue weighted by atomic mass is 16.5. The average molecular weight is 406 g/mol. The fraction of sp³-hybridized carbons (Fsp3) is 0.619. The number of hydrogen-bond donors (Lipinski definition) is 3. The highest BCUT2D eigenvalue weighted by molar-refractivity contribution is 5.98. The number of ether oxygens (including phenoxy) is 2. The number of aliphatic hydroxyl groups excluding tert-OH is 1. The summed E-state index contributed by atoms with van der Waals surface area (Å²) in [5.74, 6) is 0.0592. The number of benzene rings is 1. The molecule has 0 radical (unpaired) electrons. The second-order valence-electron chi connectivity index (χ2n) is 7.76. The van der Waals surface area contributed by atoms with Crippen LogP contribution in [0.5, 0.6) is 11.5 Å². The van der Waals surface area contributed by atoms with Crippen LogP contribution in [0.25, 0.3) is 0 Å². The first-order valence-corrected chi connectivity index (χ1v) is 10.3. The summed E-state index contributed by atoms with van der Waals surface area (Å²) in [6, 6.07) is 3.60. The van der Waals surface area contributed by atoms with Gasteiger partial charge in [-0.15, -0.1) is 0 Å². The van der Waals surface area contributed by atoms with Crippen molar-refractivity contribution in [1.29, 1.82) is 0 Å². The molecule has 1 aromatic rings. The van der Waals surface area contributed by atoms with Gasteiger partial charge in [-0.25, -0.2) is 0 Å². The van der Waals surface area contributed by atoms with Gasteiger partial charge in [-0.05, 0) is 44.5 Å². The molecule has 1 saturated heterocycles. The van der Waals surface area contributed by atoms with E-state index in [-0.39, 0.29) is 18.2 Å². The van der Waals surface area contributed by atoms with E-state index in [0.717, 1.165) is 24.9 Å². The van der Waals surface area contributed by atoms with Crippen molar-refractivity contribution in [3.8, 4) is 11.5 Å². The number of piperidine rings is 1. The first kappa shape index (κ1) is 21.4. The predicted octanol–water partition coefficient (Wildman–Crippen LogP) is 1.43. The fourth-order valence-corrected chi connectivity index (χ4v) is 3.83. The third-order valence-electron chi connectivity index (χ3n) is 5.53. The molecule has 2 aliphatic heterocycles. The molecule has 0 aromatic heterocycles. The van der Waals surface area contributed by atoms with Crippen molar-refractivity contribution in [1.82, 2.24) is 10.2 Å². The third-order valence-corrected chi connectivity index (χ3v) is 5.53. The minimum atomic E-state index is -0.800. The van der Waals surface area contributed by atoms with Gasteiger partial charge in [0.1, 0.15) is 0 Å². The van der Waals surface area contributed by atoms with Crippen LogP contribution in [0, 0.1) is 12.8 Å². The molecule has 1 amide bonds. The van der Waals surface area contributed by atoms with Crippen LogP contribution in [-0.2, 0) is 4.79 Å². The summed E-state index contributed by atoms with van der Waals surface area (Å²) < 4.78 is 11.5. The molecule has 8 nitrogen and oxygen atoms in total. The van der Waals surface area contributed by atoms with Gasteiger partial charge >= 0.3 is 5.97 Å². The van der Waals surface area contributed by atoms with Crippen molar-refractivity contribution in [2.75, 3.05) is 39.4 Å². The summed E-state index contributed by atoms with van der Waals surface area (Å²) >= 11 is 0. The van der Waals surface area contributed by atoms with Crippen LogP contribution in [0.2, 0.25) is 0 Å². The Bertz CT molecular complexity index is 738. The molecule has 2 heterocycles.